The molecule has 66 valence electrons. The van der Waals surface area contributed by atoms with E-state index in [1.165, 1.54) is 7.11 Å². The minimum absolute atomic E-state index is 0.321. The van der Waals surface area contributed by atoms with Crippen molar-refractivity contribution in [3.05, 3.63) is 0 Å². The van der Waals surface area contributed by atoms with Crippen molar-refractivity contribution in [1.29, 1.82) is 0 Å². The van der Waals surface area contributed by atoms with Gasteiger partial charge in [0.1, 0.15) is 18.3 Å². The monoisotopic (exact) mass is 164 g/mol. The molecule has 4 atom stereocenters. The first-order valence-corrected chi connectivity index (χ1v) is 3.36. The first-order valence-electron chi connectivity index (χ1n) is 3.36. The summed E-state index contributed by atoms with van der Waals surface area (Å²) in [5, 5.41) is 26.9. The molecule has 1 aliphatic rings. The fraction of sp³-hybridized carbons (Fsp3) is 1.00. The number of aliphatic hydroxyl groups excluding tert-OH is 3. The predicted octanol–water partition coefficient (Wildman–Crippen LogP) is -1.93. The van der Waals surface area contributed by atoms with Crippen LogP contribution < -0.4 is 0 Å². The van der Waals surface area contributed by atoms with Crippen molar-refractivity contribution in [1.82, 2.24) is 0 Å². The Labute approximate surface area is 64.2 Å². The molecule has 0 aromatic carbocycles. The van der Waals surface area contributed by atoms with Gasteiger partial charge in [-0.2, -0.15) is 0 Å². The molecule has 5 heteroatoms. The number of ether oxygens (including phenoxy) is 2. The first-order chi connectivity index (χ1) is 5.20. The maximum atomic E-state index is 9.25. The predicted molar refractivity (Wildman–Crippen MR) is 34.8 cm³/mol. The van der Waals surface area contributed by atoms with Gasteiger partial charge in [-0.3, -0.25) is 0 Å². The van der Waals surface area contributed by atoms with Gasteiger partial charge in [0.2, 0.25) is 0 Å². The summed E-state index contributed by atoms with van der Waals surface area (Å²) in [5.74, 6) is 0. The lowest BCUT2D eigenvalue weighted by Gasteiger charge is -2.14. The topological polar surface area (TPSA) is 79.2 Å². The fourth-order valence-corrected chi connectivity index (χ4v) is 1.12. The van der Waals surface area contributed by atoms with Gasteiger partial charge in [0, 0.05) is 7.11 Å². The summed E-state index contributed by atoms with van der Waals surface area (Å²) in [6.07, 6.45) is -3.60. The number of aliphatic hydroxyl groups is 3. The summed E-state index contributed by atoms with van der Waals surface area (Å²) in [4.78, 5) is 0. The van der Waals surface area contributed by atoms with Gasteiger partial charge in [-0.25, -0.2) is 0 Å². The highest BCUT2D eigenvalue weighted by Crippen LogP contribution is 2.21. The van der Waals surface area contributed by atoms with Crippen molar-refractivity contribution in [2.75, 3.05) is 13.7 Å². The second kappa shape index (κ2) is 3.46. The van der Waals surface area contributed by atoms with E-state index in [1.54, 1.807) is 0 Å². The van der Waals surface area contributed by atoms with Gasteiger partial charge >= 0.3 is 0 Å². The van der Waals surface area contributed by atoms with E-state index < -0.39 is 24.6 Å². The number of methoxy groups -OCH3 is 1. The number of rotatable bonds is 2. The van der Waals surface area contributed by atoms with Gasteiger partial charge in [0.25, 0.3) is 0 Å². The van der Waals surface area contributed by atoms with E-state index in [2.05, 4.69) is 0 Å². The van der Waals surface area contributed by atoms with Crippen LogP contribution in [0.3, 0.4) is 0 Å². The van der Waals surface area contributed by atoms with Crippen LogP contribution in [0.2, 0.25) is 0 Å². The minimum Gasteiger partial charge on any atom is -0.394 e. The summed E-state index contributed by atoms with van der Waals surface area (Å²) in [7, 11) is 1.36. The Morgan fingerprint density at radius 3 is 2.36 bits per heavy atom. The molecule has 0 aromatic rings. The number of hydrogen-bond donors (Lipinski definition) is 3. The van der Waals surface area contributed by atoms with Crippen LogP contribution >= 0.6 is 0 Å². The van der Waals surface area contributed by atoms with Crippen LogP contribution in [-0.2, 0) is 9.47 Å². The van der Waals surface area contributed by atoms with Crippen molar-refractivity contribution in [3.8, 4) is 0 Å². The molecule has 0 bridgehead atoms. The zero-order chi connectivity index (χ0) is 8.43. The van der Waals surface area contributed by atoms with Gasteiger partial charge in [0.15, 0.2) is 6.29 Å². The second-order valence-electron chi connectivity index (χ2n) is 2.44. The van der Waals surface area contributed by atoms with Crippen molar-refractivity contribution >= 4 is 0 Å². The van der Waals surface area contributed by atoms with Crippen LogP contribution in [0.5, 0.6) is 0 Å². The minimum atomic E-state index is -1.15. The van der Waals surface area contributed by atoms with E-state index in [9.17, 15) is 5.11 Å². The lowest BCUT2D eigenvalue weighted by molar-refractivity contribution is -0.139. The summed E-state index contributed by atoms with van der Waals surface area (Å²) < 4.78 is 9.49. The Balaban J connectivity index is 2.55. The van der Waals surface area contributed by atoms with Crippen molar-refractivity contribution < 1.29 is 24.8 Å². The van der Waals surface area contributed by atoms with Crippen molar-refractivity contribution in [3.63, 3.8) is 0 Å². The van der Waals surface area contributed by atoms with Gasteiger partial charge in [-0.05, 0) is 0 Å². The highest BCUT2D eigenvalue weighted by atomic mass is 16.7. The fourth-order valence-electron chi connectivity index (χ4n) is 1.12. The Morgan fingerprint density at radius 2 is 2.09 bits per heavy atom. The molecule has 0 aromatic heterocycles. The molecule has 5 nitrogen and oxygen atoms in total. The molecule has 3 N–H and O–H groups in total. The lowest BCUT2D eigenvalue weighted by Crippen LogP contribution is -2.35. The van der Waals surface area contributed by atoms with E-state index in [4.69, 9.17) is 19.7 Å². The molecule has 1 heterocycles. The molecular formula is C6H12O5. The molecule has 1 rings (SSSR count). The lowest BCUT2D eigenvalue weighted by atomic mass is 10.1. The summed E-state index contributed by atoms with van der Waals surface area (Å²) in [5.41, 5.74) is 0. The average molecular weight is 164 g/mol. The van der Waals surface area contributed by atoms with Crippen LogP contribution in [0.25, 0.3) is 0 Å². The Hall–Kier alpha value is -0.200. The van der Waals surface area contributed by atoms with Crippen molar-refractivity contribution in [2.45, 2.75) is 24.6 Å². The molecule has 0 unspecified atom stereocenters. The average Bonchev–Trinajstić information content (AvgIpc) is 2.26. The van der Waals surface area contributed by atoms with Crippen molar-refractivity contribution in [2.24, 2.45) is 0 Å². The van der Waals surface area contributed by atoms with Crippen LogP contribution in [0.4, 0.5) is 0 Å². The van der Waals surface area contributed by atoms with E-state index >= 15 is 0 Å². The third-order valence-electron chi connectivity index (χ3n) is 1.76. The summed E-state index contributed by atoms with van der Waals surface area (Å²) in [6, 6.07) is 0. The van der Waals surface area contributed by atoms with Gasteiger partial charge < -0.3 is 24.8 Å². The molecular weight excluding hydrogens is 152 g/mol. The standard InChI is InChI=1S/C6H12O5/c1-10-5-4(8)3(2-7)11-6(5)9/h3-9H,2H2,1H3/t3-,4-,5+,6+/m0/s1. The van der Waals surface area contributed by atoms with E-state index in [-0.39, 0.29) is 6.61 Å². The number of hydrogen-bond acceptors (Lipinski definition) is 5. The van der Waals surface area contributed by atoms with Gasteiger partial charge in [0.05, 0.1) is 6.61 Å². The third-order valence-corrected chi connectivity index (χ3v) is 1.76. The highest BCUT2D eigenvalue weighted by molar-refractivity contribution is 4.86. The smallest absolute Gasteiger partial charge is 0.184 e. The largest absolute Gasteiger partial charge is 0.394 e. The molecule has 1 fully saturated rings. The Morgan fingerprint density at radius 1 is 1.45 bits per heavy atom. The quantitative estimate of drug-likeness (QED) is 0.443. The maximum absolute atomic E-state index is 9.25. The van der Waals surface area contributed by atoms with Crippen LogP contribution in [0.1, 0.15) is 0 Å². The van der Waals surface area contributed by atoms with E-state index in [0.29, 0.717) is 0 Å². The molecule has 1 aliphatic heterocycles. The third kappa shape index (κ3) is 1.52. The molecule has 0 amide bonds. The Bertz CT molecular complexity index is 128. The van der Waals surface area contributed by atoms with Gasteiger partial charge in [-0.15, -0.1) is 0 Å². The first kappa shape index (κ1) is 8.89. The molecule has 0 aliphatic carbocycles. The molecule has 0 saturated carbocycles. The van der Waals surface area contributed by atoms with Crippen LogP contribution in [-0.4, -0.2) is 53.6 Å². The molecule has 0 spiro atoms. The van der Waals surface area contributed by atoms with Crippen LogP contribution in [0.15, 0.2) is 0 Å². The molecule has 1 saturated heterocycles. The molecule has 11 heavy (non-hydrogen) atoms. The maximum Gasteiger partial charge on any atom is 0.184 e. The second-order valence-corrected chi connectivity index (χ2v) is 2.44. The Kier molecular flexibility index (Phi) is 2.80. The summed E-state index contributed by atoms with van der Waals surface area (Å²) in [6.45, 7) is -0.321. The summed E-state index contributed by atoms with van der Waals surface area (Å²) >= 11 is 0. The van der Waals surface area contributed by atoms with E-state index in [0.717, 1.165) is 0 Å². The van der Waals surface area contributed by atoms with E-state index in [1.807, 2.05) is 0 Å². The van der Waals surface area contributed by atoms with Crippen LogP contribution in [0, 0.1) is 0 Å². The normalized spacial score (nSPS) is 44.7. The highest BCUT2D eigenvalue weighted by Gasteiger charge is 2.42. The zero-order valence-electron chi connectivity index (χ0n) is 6.17. The zero-order valence-corrected chi connectivity index (χ0v) is 6.17. The van der Waals surface area contributed by atoms with Gasteiger partial charge in [-0.1, -0.05) is 0 Å². The SMILES string of the molecule is CO[C@@H]1[C@@H](O)[C@H](CO)O[C@H]1O. The molecule has 0 radical (unpaired) electrons.